The lowest BCUT2D eigenvalue weighted by Gasteiger charge is -2.12. The molecule has 0 saturated carbocycles. The predicted octanol–water partition coefficient (Wildman–Crippen LogP) is 4.31. The van der Waals surface area contributed by atoms with Gasteiger partial charge in [-0.05, 0) is 25.0 Å². The molecule has 1 heteroatoms. The Balaban J connectivity index is 2.17. The molecule has 2 aliphatic carbocycles. The number of rotatable bonds is 0. The van der Waals surface area contributed by atoms with E-state index in [1.54, 1.807) is 0 Å². The fourth-order valence-corrected chi connectivity index (χ4v) is 2.28. The Bertz CT molecular complexity index is 510. The Morgan fingerprint density at radius 1 is 1.06 bits per heavy atom. The first-order valence-electron chi connectivity index (χ1n) is 5.86. The van der Waals surface area contributed by atoms with Gasteiger partial charge in [0.05, 0.1) is 0 Å². The lowest BCUT2D eigenvalue weighted by molar-refractivity contribution is 0.540. The second kappa shape index (κ2) is 3.24. The van der Waals surface area contributed by atoms with Crippen LogP contribution in [0.25, 0.3) is 18.2 Å². The van der Waals surface area contributed by atoms with Crippen LogP contribution < -0.4 is 0 Å². The molecule has 0 aliphatic heterocycles. The van der Waals surface area contributed by atoms with E-state index in [0.29, 0.717) is 0 Å². The summed E-state index contributed by atoms with van der Waals surface area (Å²) >= 11 is 0. The molecule has 1 aromatic heterocycles. The number of fused-ring (bicyclic) bond motifs is 3. The van der Waals surface area contributed by atoms with Gasteiger partial charge in [0, 0.05) is 16.5 Å². The second-order valence-electron chi connectivity index (χ2n) is 5.15. The molecule has 0 atom stereocenters. The number of furan rings is 1. The third kappa shape index (κ3) is 1.47. The fraction of sp³-hybridized carbons (Fsp3) is 0.333. The smallest absolute Gasteiger partial charge is 0.134 e. The minimum absolute atomic E-state index is 0.124. The summed E-state index contributed by atoms with van der Waals surface area (Å²) in [6.45, 7) is 4.41. The fourth-order valence-electron chi connectivity index (χ4n) is 2.28. The van der Waals surface area contributed by atoms with Crippen LogP contribution in [0.4, 0.5) is 0 Å². The first-order valence-corrected chi connectivity index (χ1v) is 5.86. The summed E-state index contributed by atoms with van der Waals surface area (Å²) in [4.78, 5) is 0. The van der Waals surface area contributed by atoms with Gasteiger partial charge in [0.15, 0.2) is 0 Å². The summed E-state index contributed by atoms with van der Waals surface area (Å²) in [6.07, 6.45) is 15.3. The van der Waals surface area contributed by atoms with Crippen molar-refractivity contribution in [3.05, 3.63) is 40.9 Å². The molecule has 0 saturated heterocycles. The Kier molecular flexibility index (Phi) is 1.97. The van der Waals surface area contributed by atoms with E-state index in [4.69, 9.17) is 4.42 Å². The molecule has 1 heterocycles. The van der Waals surface area contributed by atoms with Crippen molar-refractivity contribution in [3.8, 4) is 0 Å². The molecule has 0 bridgehead atoms. The van der Waals surface area contributed by atoms with E-state index in [1.807, 2.05) is 0 Å². The van der Waals surface area contributed by atoms with Crippen molar-refractivity contribution in [2.45, 2.75) is 26.7 Å². The quantitative estimate of drug-likeness (QED) is 0.624. The highest BCUT2D eigenvalue weighted by molar-refractivity contribution is 5.72. The minimum atomic E-state index is 0.124. The maximum absolute atomic E-state index is 5.88. The van der Waals surface area contributed by atoms with Crippen molar-refractivity contribution in [2.24, 2.45) is 5.41 Å². The average molecular weight is 212 g/mol. The maximum atomic E-state index is 5.88. The van der Waals surface area contributed by atoms with Crippen LogP contribution in [0.1, 0.15) is 42.9 Å². The highest BCUT2D eigenvalue weighted by atomic mass is 16.3. The van der Waals surface area contributed by atoms with E-state index in [0.717, 1.165) is 24.4 Å². The second-order valence-corrected chi connectivity index (χ2v) is 5.15. The number of hydrogen-bond acceptors (Lipinski definition) is 1. The summed E-state index contributed by atoms with van der Waals surface area (Å²) in [5, 5.41) is 0. The number of hydrogen-bond donors (Lipinski definition) is 0. The molecule has 1 nitrogen and oxygen atoms in total. The average Bonchev–Trinajstić information content (AvgIpc) is 2.54. The molecule has 0 unspecified atom stereocenters. The van der Waals surface area contributed by atoms with Crippen molar-refractivity contribution in [3.63, 3.8) is 0 Å². The highest BCUT2D eigenvalue weighted by Gasteiger charge is 2.20. The van der Waals surface area contributed by atoms with Crippen LogP contribution in [0.2, 0.25) is 0 Å². The first-order chi connectivity index (χ1) is 7.66. The third-order valence-corrected chi connectivity index (χ3v) is 3.28. The molecule has 82 valence electrons. The predicted molar refractivity (Wildman–Crippen MR) is 67.9 cm³/mol. The Morgan fingerprint density at radius 3 is 2.75 bits per heavy atom. The topological polar surface area (TPSA) is 13.1 Å². The van der Waals surface area contributed by atoms with E-state index in [2.05, 4.69) is 50.3 Å². The van der Waals surface area contributed by atoms with Gasteiger partial charge >= 0.3 is 0 Å². The molecule has 2 aliphatic rings. The summed E-state index contributed by atoms with van der Waals surface area (Å²) in [6, 6.07) is 0. The molecule has 0 spiro atoms. The van der Waals surface area contributed by atoms with Gasteiger partial charge in [-0.25, -0.2) is 0 Å². The van der Waals surface area contributed by atoms with Crippen molar-refractivity contribution in [2.75, 3.05) is 0 Å². The van der Waals surface area contributed by atoms with E-state index >= 15 is 0 Å². The van der Waals surface area contributed by atoms with E-state index in [9.17, 15) is 0 Å². The molecule has 0 amide bonds. The summed E-state index contributed by atoms with van der Waals surface area (Å²) in [5.74, 6) is 2.06. The van der Waals surface area contributed by atoms with Gasteiger partial charge in [0.25, 0.3) is 0 Å². The van der Waals surface area contributed by atoms with Crippen LogP contribution in [0.3, 0.4) is 0 Å². The van der Waals surface area contributed by atoms with Crippen molar-refractivity contribution >= 4 is 18.2 Å². The Hall–Kier alpha value is -1.50. The molecular formula is C15H16O. The van der Waals surface area contributed by atoms with Crippen LogP contribution in [0.5, 0.6) is 0 Å². The normalized spacial score (nSPS) is 20.4. The van der Waals surface area contributed by atoms with Gasteiger partial charge in [-0.2, -0.15) is 0 Å². The molecule has 3 rings (SSSR count). The van der Waals surface area contributed by atoms with Crippen LogP contribution in [-0.2, 0) is 6.42 Å². The third-order valence-electron chi connectivity index (χ3n) is 3.28. The van der Waals surface area contributed by atoms with Gasteiger partial charge in [-0.15, -0.1) is 0 Å². The van der Waals surface area contributed by atoms with Crippen LogP contribution in [0, 0.1) is 5.41 Å². The molecule has 16 heavy (non-hydrogen) atoms. The molecule has 1 aromatic rings. The monoisotopic (exact) mass is 212 g/mol. The highest BCUT2D eigenvalue weighted by Crippen LogP contribution is 2.35. The van der Waals surface area contributed by atoms with Crippen LogP contribution in [0.15, 0.2) is 22.6 Å². The molecule has 0 N–H and O–H groups in total. The molecular weight excluding hydrogens is 196 g/mol. The van der Waals surface area contributed by atoms with Gasteiger partial charge in [0.2, 0.25) is 0 Å². The standard InChI is InChI=1S/C15H16O/c1-15(2)9-7-12-11-5-3-4-6-13(11)16-14(12)8-10-15/h4,6-10H,3,5H2,1-2H3. The zero-order valence-corrected chi connectivity index (χ0v) is 9.79. The summed E-state index contributed by atoms with van der Waals surface area (Å²) < 4.78 is 5.88. The van der Waals surface area contributed by atoms with Crippen LogP contribution >= 0.6 is 0 Å². The van der Waals surface area contributed by atoms with E-state index in [-0.39, 0.29) is 5.41 Å². The maximum Gasteiger partial charge on any atom is 0.134 e. The lowest BCUT2D eigenvalue weighted by atomic mass is 9.93. The molecule has 0 aromatic carbocycles. The molecule has 0 fully saturated rings. The van der Waals surface area contributed by atoms with Gasteiger partial charge in [-0.1, -0.05) is 38.2 Å². The van der Waals surface area contributed by atoms with Gasteiger partial charge in [-0.3, -0.25) is 0 Å². The lowest BCUT2D eigenvalue weighted by Crippen LogP contribution is -2.00. The van der Waals surface area contributed by atoms with Crippen molar-refractivity contribution in [1.82, 2.24) is 0 Å². The number of allylic oxidation sites excluding steroid dienone is 3. The van der Waals surface area contributed by atoms with Crippen molar-refractivity contribution in [1.29, 1.82) is 0 Å². The van der Waals surface area contributed by atoms with Gasteiger partial charge in [0.1, 0.15) is 11.5 Å². The van der Waals surface area contributed by atoms with E-state index < -0.39 is 0 Å². The van der Waals surface area contributed by atoms with Gasteiger partial charge < -0.3 is 4.42 Å². The summed E-state index contributed by atoms with van der Waals surface area (Å²) in [5.41, 5.74) is 2.77. The summed E-state index contributed by atoms with van der Waals surface area (Å²) in [7, 11) is 0. The first kappa shape index (κ1) is 9.71. The zero-order chi connectivity index (χ0) is 11.2. The van der Waals surface area contributed by atoms with Crippen molar-refractivity contribution < 1.29 is 4.42 Å². The SMILES string of the molecule is CC1(C)C=Cc2oc3c(c2C=C1)CCC=C3. The zero-order valence-electron chi connectivity index (χ0n) is 9.79. The minimum Gasteiger partial charge on any atom is -0.456 e. The molecule has 0 radical (unpaired) electrons. The Labute approximate surface area is 96.2 Å². The van der Waals surface area contributed by atoms with E-state index in [1.165, 1.54) is 11.1 Å². The van der Waals surface area contributed by atoms with Crippen LogP contribution in [-0.4, -0.2) is 0 Å². The Morgan fingerprint density at radius 2 is 1.88 bits per heavy atom. The largest absolute Gasteiger partial charge is 0.456 e.